The van der Waals surface area contributed by atoms with Crippen LogP contribution in [0.2, 0.25) is 0 Å². The van der Waals surface area contributed by atoms with Crippen molar-refractivity contribution >= 4 is 28.7 Å². The van der Waals surface area contributed by atoms with E-state index in [1.807, 2.05) is 37.3 Å². The first-order valence-corrected chi connectivity index (χ1v) is 11.6. The van der Waals surface area contributed by atoms with Gasteiger partial charge in [-0.1, -0.05) is 30.3 Å². The van der Waals surface area contributed by atoms with E-state index >= 15 is 0 Å². The standard InChI is InChI=1S/C25H27N7O3/c1-2-35-21-11-7-6-10-20(21)27-22(33)18-32-25(34)31-13-12-26-23(24(31)28-32)30-16-14-29(15-17-30)19-8-4-3-5-9-19/h3-13H,2,14-18H2,1H3,(H,27,33). The van der Waals surface area contributed by atoms with Crippen LogP contribution in [-0.4, -0.2) is 57.9 Å². The van der Waals surface area contributed by atoms with Gasteiger partial charge < -0.3 is 19.9 Å². The molecule has 10 nitrogen and oxygen atoms in total. The Bertz CT molecular complexity index is 1370. The molecule has 1 aliphatic heterocycles. The van der Waals surface area contributed by atoms with Gasteiger partial charge in [-0.15, -0.1) is 5.10 Å². The predicted molar refractivity (Wildman–Crippen MR) is 134 cm³/mol. The molecule has 0 spiro atoms. The maximum Gasteiger partial charge on any atom is 0.350 e. The Morgan fingerprint density at radius 3 is 2.49 bits per heavy atom. The van der Waals surface area contributed by atoms with Crippen LogP contribution in [-0.2, 0) is 11.3 Å². The summed E-state index contributed by atoms with van der Waals surface area (Å²) in [5.74, 6) is 0.846. The Balaban J connectivity index is 1.33. The maximum atomic E-state index is 13.0. The molecule has 0 atom stereocenters. The van der Waals surface area contributed by atoms with E-state index in [4.69, 9.17) is 4.74 Å². The number of ether oxygens (including phenoxy) is 1. The highest BCUT2D eigenvalue weighted by Gasteiger charge is 2.23. The van der Waals surface area contributed by atoms with Crippen LogP contribution < -0.4 is 25.5 Å². The van der Waals surface area contributed by atoms with Crippen LogP contribution in [0.3, 0.4) is 0 Å². The van der Waals surface area contributed by atoms with Crippen molar-refractivity contribution in [3.05, 3.63) is 77.5 Å². The second kappa shape index (κ2) is 9.88. The van der Waals surface area contributed by atoms with Gasteiger partial charge in [0.25, 0.3) is 0 Å². The molecule has 0 unspecified atom stereocenters. The predicted octanol–water partition coefficient (Wildman–Crippen LogP) is 2.25. The van der Waals surface area contributed by atoms with Crippen LogP contribution in [0, 0.1) is 0 Å². The molecular formula is C25H27N7O3. The molecule has 1 saturated heterocycles. The lowest BCUT2D eigenvalue weighted by Gasteiger charge is -2.36. The van der Waals surface area contributed by atoms with Crippen molar-refractivity contribution in [2.24, 2.45) is 0 Å². The highest BCUT2D eigenvalue weighted by atomic mass is 16.5. The summed E-state index contributed by atoms with van der Waals surface area (Å²) in [7, 11) is 0. The number of aromatic nitrogens is 4. The third-order valence-corrected chi connectivity index (χ3v) is 5.94. The zero-order valence-electron chi connectivity index (χ0n) is 19.5. The van der Waals surface area contributed by atoms with Crippen LogP contribution in [0.4, 0.5) is 17.2 Å². The van der Waals surface area contributed by atoms with E-state index in [9.17, 15) is 9.59 Å². The molecule has 3 heterocycles. The number of para-hydroxylation sites is 3. The maximum absolute atomic E-state index is 13.0. The summed E-state index contributed by atoms with van der Waals surface area (Å²) < 4.78 is 8.16. The number of anilines is 3. The van der Waals surface area contributed by atoms with Gasteiger partial charge in [0.15, 0.2) is 5.82 Å². The number of nitrogens with zero attached hydrogens (tertiary/aromatic N) is 6. The lowest BCUT2D eigenvalue weighted by molar-refractivity contribution is -0.117. The zero-order valence-corrected chi connectivity index (χ0v) is 19.5. The van der Waals surface area contributed by atoms with Crippen molar-refractivity contribution in [2.75, 3.05) is 47.9 Å². The van der Waals surface area contributed by atoms with Gasteiger partial charge in [0.05, 0.1) is 12.3 Å². The Labute approximate surface area is 202 Å². The molecule has 5 rings (SSSR count). The van der Waals surface area contributed by atoms with Crippen molar-refractivity contribution in [3.63, 3.8) is 0 Å². The molecular weight excluding hydrogens is 446 g/mol. The lowest BCUT2D eigenvalue weighted by Crippen LogP contribution is -2.47. The number of carbonyl (C=O) groups is 1. The number of hydrogen-bond acceptors (Lipinski definition) is 7. The van der Waals surface area contributed by atoms with Gasteiger partial charge in [-0.2, -0.15) is 0 Å². The van der Waals surface area contributed by atoms with Crippen molar-refractivity contribution in [2.45, 2.75) is 13.5 Å². The first-order valence-electron chi connectivity index (χ1n) is 11.6. The highest BCUT2D eigenvalue weighted by molar-refractivity contribution is 5.92. The van der Waals surface area contributed by atoms with E-state index in [0.717, 1.165) is 26.2 Å². The molecule has 0 bridgehead atoms. The Morgan fingerprint density at radius 2 is 1.71 bits per heavy atom. The minimum Gasteiger partial charge on any atom is -0.492 e. The number of fused-ring (bicyclic) bond motifs is 1. The molecule has 1 amide bonds. The third kappa shape index (κ3) is 4.68. The molecule has 0 saturated carbocycles. The Hall–Kier alpha value is -4.34. The SMILES string of the molecule is CCOc1ccccc1NC(=O)Cn1nc2c(N3CCN(c4ccccc4)CC3)nccn2c1=O. The molecule has 2 aromatic heterocycles. The largest absolute Gasteiger partial charge is 0.492 e. The summed E-state index contributed by atoms with van der Waals surface area (Å²) in [6.45, 7) is 5.30. The molecule has 180 valence electrons. The number of piperazine rings is 1. The smallest absolute Gasteiger partial charge is 0.350 e. The zero-order chi connectivity index (χ0) is 24.2. The molecule has 10 heteroatoms. The van der Waals surface area contributed by atoms with Crippen molar-refractivity contribution in [1.82, 2.24) is 19.2 Å². The Kier molecular flexibility index (Phi) is 6.34. The second-order valence-corrected chi connectivity index (χ2v) is 8.17. The van der Waals surface area contributed by atoms with Crippen molar-refractivity contribution in [1.29, 1.82) is 0 Å². The fourth-order valence-electron chi connectivity index (χ4n) is 4.25. The van der Waals surface area contributed by atoms with E-state index < -0.39 is 0 Å². The number of hydrogen-bond donors (Lipinski definition) is 1. The summed E-state index contributed by atoms with van der Waals surface area (Å²) in [5, 5.41) is 7.27. The average molecular weight is 474 g/mol. The number of rotatable bonds is 7. The summed E-state index contributed by atoms with van der Waals surface area (Å²) in [4.78, 5) is 34.7. The molecule has 35 heavy (non-hydrogen) atoms. The molecule has 2 aromatic carbocycles. The highest BCUT2D eigenvalue weighted by Crippen LogP contribution is 2.24. The van der Waals surface area contributed by atoms with E-state index in [0.29, 0.717) is 29.5 Å². The second-order valence-electron chi connectivity index (χ2n) is 8.17. The quantitative estimate of drug-likeness (QED) is 0.440. The minimum atomic E-state index is -0.389. The normalized spacial score (nSPS) is 13.7. The van der Waals surface area contributed by atoms with E-state index in [1.54, 1.807) is 24.5 Å². The summed E-state index contributed by atoms with van der Waals surface area (Å²) in [5.41, 5.74) is 1.79. The number of amides is 1. The van der Waals surface area contributed by atoms with Crippen molar-refractivity contribution < 1.29 is 9.53 Å². The van der Waals surface area contributed by atoms with Gasteiger partial charge >= 0.3 is 5.69 Å². The minimum absolute atomic E-state index is 0.220. The molecule has 0 aliphatic carbocycles. The van der Waals surface area contributed by atoms with E-state index in [-0.39, 0.29) is 18.1 Å². The van der Waals surface area contributed by atoms with Crippen molar-refractivity contribution in [3.8, 4) is 5.75 Å². The van der Waals surface area contributed by atoms with Gasteiger partial charge in [0.1, 0.15) is 12.3 Å². The Morgan fingerprint density at radius 1 is 1.00 bits per heavy atom. The topological polar surface area (TPSA) is 97.0 Å². The molecule has 4 aromatic rings. The summed E-state index contributed by atoms with van der Waals surface area (Å²) in [6.07, 6.45) is 3.17. The summed E-state index contributed by atoms with van der Waals surface area (Å²) >= 11 is 0. The number of carbonyl (C=O) groups excluding carboxylic acids is 1. The average Bonchev–Trinajstić information content (AvgIpc) is 3.21. The van der Waals surface area contributed by atoms with Gasteiger partial charge in [0.2, 0.25) is 11.6 Å². The molecule has 0 radical (unpaired) electrons. The van der Waals surface area contributed by atoms with Crippen LogP contribution in [0.25, 0.3) is 5.65 Å². The lowest BCUT2D eigenvalue weighted by atomic mass is 10.2. The number of benzene rings is 2. The molecule has 1 N–H and O–H groups in total. The molecule has 1 fully saturated rings. The van der Waals surface area contributed by atoms with E-state index in [2.05, 4.69) is 37.3 Å². The van der Waals surface area contributed by atoms with Gasteiger partial charge in [-0.3, -0.25) is 4.79 Å². The van der Waals surface area contributed by atoms with Gasteiger partial charge in [0, 0.05) is 44.3 Å². The molecule has 1 aliphatic rings. The van der Waals surface area contributed by atoms with Crippen LogP contribution in [0.1, 0.15) is 6.92 Å². The van der Waals surface area contributed by atoms with Gasteiger partial charge in [-0.25, -0.2) is 18.9 Å². The van der Waals surface area contributed by atoms with Crippen LogP contribution in [0.5, 0.6) is 5.75 Å². The van der Waals surface area contributed by atoms with E-state index in [1.165, 1.54) is 14.8 Å². The van der Waals surface area contributed by atoms with Crippen LogP contribution >= 0.6 is 0 Å². The van der Waals surface area contributed by atoms with Gasteiger partial charge in [-0.05, 0) is 31.2 Å². The fraction of sp³-hybridized carbons (Fsp3) is 0.280. The monoisotopic (exact) mass is 473 g/mol. The van der Waals surface area contributed by atoms with Crippen LogP contribution in [0.15, 0.2) is 71.8 Å². The fourth-order valence-corrected chi connectivity index (χ4v) is 4.25. The third-order valence-electron chi connectivity index (χ3n) is 5.94. The number of nitrogens with one attached hydrogen (secondary N) is 1. The first-order chi connectivity index (χ1) is 17.1. The first kappa shape index (κ1) is 22.5. The summed E-state index contributed by atoms with van der Waals surface area (Å²) in [6, 6.07) is 17.5.